The summed E-state index contributed by atoms with van der Waals surface area (Å²) in [6.07, 6.45) is 5.86. The minimum atomic E-state index is -0.723. The molecule has 0 bridgehead atoms. The molecule has 0 aliphatic carbocycles. The minimum Gasteiger partial charge on any atom is -0.457 e. The van der Waals surface area contributed by atoms with Crippen LogP contribution in [0, 0.1) is 23.1 Å². The molecule has 2 aliphatic rings. The third-order valence-electron chi connectivity index (χ3n) is 9.98. The van der Waals surface area contributed by atoms with Crippen molar-refractivity contribution in [2.45, 2.75) is 19.1 Å². The number of hydrogen-bond acceptors (Lipinski definition) is 9. The van der Waals surface area contributed by atoms with E-state index in [0.717, 1.165) is 37.3 Å². The van der Waals surface area contributed by atoms with Gasteiger partial charge in [-0.25, -0.2) is 19.2 Å². The molecule has 0 saturated carbocycles. The van der Waals surface area contributed by atoms with Crippen molar-refractivity contribution in [1.29, 1.82) is 5.26 Å². The number of hydrogen-bond donors (Lipinski definition) is 2. The highest BCUT2D eigenvalue weighted by Crippen LogP contribution is 2.47. The van der Waals surface area contributed by atoms with Gasteiger partial charge in [0.2, 0.25) is 5.43 Å². The van der Waals surface area contributed by atoms with Crippen LogP contribution in [-0.4, -0.2) is 70.2 Å². The smallest absolute Gasteiger partial charge is 0.344 e. The lowest BCUT2D eigenvalue weighted by molar-refractivity contribution is 0.0470. The highest BCUT2D eigenvalue weighted by atomic mass is 19.1. The molecule has 246 valence electrons. The topological polar surface area (TPSA) is 132 Å². The van der Waals surface area contributed by atoms with Crippen molar-refractivity contribution in [3.63, 3.8) is 0 Å². The molecule has 49 heavy (non-hydrogen) atoms. The van der Waals surface area contributed by atoms with Crippen molar-refractivity contribution in [2.75, 3.05) is 43.9 Å². The zero-order chi connectivity index (χ0) is 34.0. The molecular weight excluding hydrogens is 623 g/mol. The van der Waals surface area contributed by atoms with Gasteiger partial charge >= 0.3 is 5.97 Å². The first kappa shape index (κ1) is 30.5. The summed E-state index contributed by atoms with van der Waals surface area (Å²) in [5, 5.41) is 14.6. The maximum absolute atomic E-state index is 15.5. The zero-order valence-electron chi connectivity index (χ0n) is 27.2. The molecule has 6 heterocycles. The van der Waals surface area contributed by atoms with Gasteiger partial charge in [-0.15, -0.1) is 0 Å². The van der Waals surface area contributed by atoms with Crippen LogP contribution in [0.25, 0.3) is 44.1 Å². The number of fused-ring (bicyclic) bond motifs is 5. The Morgan fingerprint density at radius 1 is 1.14 bits per heavy atom. The summed E-state index contributed by atoms with van der Waals surface area (Å²) < 4.78 is 22.6. The number of benzene rings is 2. The number of halogens is 1. The maximum atomic E-state index is 15.5. The van der Waals surface area contributed by atoms with Gasteiger partial charge in [-0.1, -0.05) is 30.3 Å². The quantitative estimate of drug-likeness (QED) is 0.233. The van der Waals surface area contributed by atoms with E-state index in [9.17, 15) is 14.9 Å². The highest BCUT2D eigenvalue weighted by Gasteiger charge is 2.42. The fourth-order valence-electron chi connectivity index (χ4n) is 7.71. The summed E-state index contributed by atoms with van der Waals surface area (Å²) in [5.41, 5.74) is 4.29. The van der Waals surface area contributed by atoms with Crippen LogP contribution in [0.4, 0.5) is 15.8 Å². The van der Waals surface area contributed by atoms with Crippen LogP contribution in [-0.2, 0) is 18.4 Å². The number of esters is 1. The second-order valence-electron chi connectivity index (χ2n) is 12.9. The Balaban J connectivity index is 1.34. The molecule has 12 heteroatoms. The molecule has 11 nitrogen and oxygen atoms in total. The molecule has 0 spiro atoms. The Hall–Kier alpha value is -5.80. The van der Waals surface area contributed by atoms with E-state index in [1.807, 2.05) is 30.3 Å². The number of likely N-dealkylation sites (N-methyl/N-ethyl adjacent to an activating group) is 1. The number of pyridine rings is 3. The lowest BCUT2D eigenvalue weighted by atomic mass is 9.98. The molecule has 2 N–H and O–H groups in total. The molecule has 0 radical (unpaired) electrons. The van der Waals surface area contributed by atoms with E-state index in [1.165, 1.54) is 12.3 Å². The number of nitriles is 1. The van der Waals surface area contributed by atoms with Gasteiger partial charge < -0.3 is 29.4 Å². The second-order valence-corrected chi connectivity index (χ2v) is 12.9. The summed E-state index contributed by atoms with van der Waals surface area (Å²) in [7, 11) is 5.54. The molecule has 2 saturated heterocycles. The van der Waals surface area contributed by atoms with Crippen molar-refractivity contribution >= 4 is 50.3 Å². The fourth-order valence-corrected chi connectivity index (χ4v) is 7.71. The van der Waals surface area contributed by atoms with Crippen LogP contribution in [0.3, 0.4) is 0 Å². The summed E-state index contributed by atoms with van der Waals surface area (Å²) >= 11 is 0. The number of anilines is 2. The predicted octanol–water partition coefficient (Wildman–Crippen LogP) is 5.18. The van der Waals surface area contributed by atoms with E-state index in [0.29, 0.717) is 50.3 Å². The molecular formula is C37H33FN8O3. The van der Waals surface area contributed by atoms with Gasteiger partial charge in [0.1, 0.15) is 35.4 Å². The van der Waals surface area contributed by atoms with E-state index in [2.05, 4.69) is 38.2 Å². The first-order valence-corrected chi connectivity index (χ1v) is 16.2. The van der Waals surface area contributed by atoms with E-state index < -0.39 is 17.2 Å². The molecule has 0 amide bonds. The molecule has 8 rings (SSSR count). The van der Waals surface area contributed by atoms with Crippen LogP contribution in [0.5, 0.6) is 0 Å². The summed E-state index contributed by atoms with van der Waals surface area (Å²) in [4.78, 5) is 44.6. The fraction of sp³-hybridized carbons (Fsp3) is 0.270. The summed E-state index contributed by atoms with van der Waals surface area (Å²) in [6.45, 7) is 2.62. The molecule has 2 atom stereocenters. The van der Waals surface area contributed by atoms with E-state index in [-0.39, 0.29) is 29.2 Å². The van der Waals surface area contributed by atoms with E-state index >= 15 is 4.39 Å². The maximum Gasteiger partial charge on any atom is 0.344 e. The Morgan fingerprint density at radius 3 is 2.73 bits per heavy atom. The standard InChI is InChI=1S/C37H33FN8O3/c1-40-28-12-27(38)24(13-39)30-31-33(46-10-9-21-16-44(2)18-29(21)46)25(15-41-35(31)43-32(28)30)22-11-23-34(47)26(17-45(3)36(23)42-14-22)37(48)49-19-20-7-5-4-6-8-20/h4-8,11-12,14-15,17,21,29,40H,9-10,16,18-19H2,1-3H3,(H,41,43)/t21-,29+/m0/s1. The lowest BCUT2D eigenvalue weighted by Gasteiger charge is -2.29. The van der Waals surface area contributed by atoms with Crippen molar-refractivity contribution in [2.24, 2.45) is 13.0 Å². The van der Waals surface area contributed by atoms with Gasteiger partial charge in [0.05, 0.1) is 33.2 Å². The Bertz CT molecular complexity index is 2420. The number of aryl methyl sites for hydroxylation is 1. The summed E-state index contributed by atoms with van der Waals surface area (Å²) in [6, 6.07) is 14.6. The SMILES string of the molecule is CNc1cc(F)c(C#N)c2c1[nH]c1ncc(-c3cnc4c(c3)c(=O)c(C(=O)OCc3ccccc3)cn4C)c(N3CC[C@H]4CN(C)C[C@H]43)c12. The monoisotopic (exact) mass is 656 g/mol. The van der Waals surface area contributed by atoms with Crippen molar-refractivity contribution < 1.29 is 13.9 Å². The van der Waals surface area contributed by atoms with E-state index in [4.69, 9.17) is 9.72 Å². The molecule has 2 aromatic carbocycles. The number of aromatic nitrogens is 4. The van der Waals surface area contributed by atoms with Gasteiger partial charge in [-0.05, 0) is 31.0 Å². The normalized spacial score (nSPS) is 17.6. The van der Waals surface area contributed by atoms with Crippen LogP contribution < -0.4 is 15.6 Å². The number of H-pyrrole nitrogens is 1. The lowest BCUT2D eigenvalue weighted by Crippen LogP contribution is -2.35. The average Bonchev–Trinajstić information content (AvgIpc) is 3.80. The Kier molecular flexibility index (Phi) is 7.30. The molecule has 0 unspecified atom stereocenters. The highest BCUT2D eigenvalue weighted by molar-refractivity contribution is 6.20. The van der Waals surface area contributed by atoms with Crippen molar-refractivity contribution in [1.82, 2.24) is 24.4 Å². The minimum absolute atomic E-state index is 0.0343. The van der Waals surface area contributed by atoms with Crippen molar-refractivity contribution in [3.8, 4) is 17.2 Å². The predicted molar refractivity (Wildman–Crippen MR) is 186 cm³/mol. The second kappa shape index (κ2) is 11.7. The number of ether oxygens (including phenoxy) is 1. The van der Waals surface area contributed by atoms with Gasteiger partial charge in [0, 0.05) is 80.9 Å². The molecule has 2 fully saturated rings. The van der Waals surface area contributed by atoms with Gasteiger partial charge in [-0.2, -0.15) is 5.26 Å². The zero-order valence-corrected chi connectivity index (χ0v) is 27.2. The molecule has 4 aromatic heterocycles. The van der Waals surface area contributed by atoms with Crippen LogP contribution in [0.2, 0.25) is 0 Å². The third kappa shape index (κ3) is 4.88. The number of nitrogens with zero attached hydrogens (tertiary/aromatic N) is 6. The number of likely N-dealkylation sites (tertiary alicyclic amines) is 1. The number of aromatic amines is 1. The van der Waals surface area contributed by atoms with Gasteiger partial charge in [0.25, 0.3) is 0 Å². The number of nitrogens with one attached hydrogen (secondary N) is 2. The summed E-state index contributed by atoms with van der Waals surface area (Å²) in [5.74, 6) is -0.906. The van der Waals surface area contributed by atoms with Crippen LogP contribution in [0.1, 0.15) is 27.9 Å². The number of rotatable bonds is 6. The van der Waals surface area contributed by atoms with Gasteiger partial charge in [-0.3, -0.25) is 4.79 Å². The molecule has 2 aliphatic heterocycles. The van der Waals surface area contributed by atoms with Gasteiger partial charge in [0.15, 0.2) is 0 Å². The van der Waals surface area contributed by atoms with Crippen LogP contribution >= 0.6 is 0 Å². The largest absolute Gasteiger partial charge is 0.457 e. The first-order chi connectivity index (χ1) is 23.8. The number of carbonyl (C=O) groups excluding carboxylic acids is 1. The Labute approximate surface area is 280 Å². The average molecular weight is 657 g/mol. The first-order valence-electron chi connectivity index (χ1n) is 16.2. The van der Waals surface area contributed by atoms with E-state index in [1.54, 1.807) is 37.1 Å². The number of carbonyl (C=O) groups is 1. The third-order valence-corrected chi connectivity index (χ3v) is 9.98. The van der Waals surface area contributed by atoms with Crippen molar-refractivity contribution in [3.05, 3.63) is 93.8 Å². The Morgan fingerprint density at radius 2 is 1.96 bits per heavy atom. The molecule has 6 aromatic rings. The van der Waals surface area contributed by atoms with Crippen LogP contribution in [0.15, 0.2) is 65.8 Å².